The molecule has 1 amide bonds. The van der Waals surface area contributed by atoms with Crippen LogP contribution in [0.15, 0.2) is 24.5 Å². The number of hydrogen-bond donors (Lipinski definition) is 1. The molecule has 0 saturated heterocycles. The zero-order valence-corrected chi connectivity index (χ0v) is 12.2. The number of unbranched alkanes of at least 4 members (excludes halogenated alkanes) is 3. The smallest absolute Gasteiger partial charge is 0.223 e. The molecule has 0 saturated carbocycles. The van der Waals surface area contributed by atoms with E-state index in [4.69, 9.17) is 0 Å². The van der Waals surface area contributed by atoms with E-state index in [2.05, 4.69) is 24.1 Å². The second kappa shape index (κ2) is 9.54. The van der Waals surface area contributed by atoms with Crippen molar-refractivity contribution < 1.29 is 4.79 Å². The Bertz CT molecular complexity index is 351. The highest BCUT2D eigenvalue weighted by molar-refractivity contribution is 5.78. The molecule has 0 aliphatic heterocycles. The van der Waals surface area contributed by atoms with Gasteiger partial charge < -0.3 is 5.32 Å². The minimum absolute atomic E-state index is 0.165. The minimum atomic E-state index is 0.165. The number of pyridine rings is 1. The molecule has 19 heavy (non-hydrogen) atoms. The molecule has 1 heterocycles. The lowest BCUT2D eigenvalue weighted by molar-refractivity contribution is -0.125. The lowest BCUT2D eigenvalue weighted by Gasteiger charge is -2.14. The van der Waals surface area contributed by atoms with Crippen LogP contribution in [0.2, 0.25) is 0 Å². The molecular formula is C16H26N2O. The molecule has 3 nitrogen and oxygen atoms in total. The van der Waals surface area contributed by atoms with Crippen LogP contribution in [-0.2, 0) is 11.3 Å². The summed E-state index contributed by atoms with van der Waals surface area (Å²) in [6, 6.07) is 3.87. The fraction of sp³-hybridized carbons (Fsp3) is 0.625. The summed E-state index contributed by atoms with van der Waals surface area (Å²) in [5.41, 5.74) is 1.10. The standard InChI is InChI=1S/C16H26N2O/c1-3-5-6-7-8-15(4-2)16(19)18-13-14-9-11-17-12-10-14/h9-12,15H,3-8,13H2,1-2H3,(H,18,19). The molecule has 1 rings (SSSR count). The van der Waals surface area contributed by atoms with Crippen LogP contribution in [0, 0.1) is 5.92 Å². The maximum absolute atomic E-state index is 12.1. The molecule has 1 atom stereocenters. The van der Waals surface area contributed by atoms with Gasteiger partial charge in [-0.05, 0) is 30.5 Å². The number of carbonyl (C=O) groups is 1. The van der Waals surface area contributed by atoms with Crippen LogP contribution in [0.5, 0.6) is 0 Å². The third kappa shape index (κ3) is 6.37. The average molecular weight is 262 g/mol. The van der Waals surface area contributed by atoms with Crippen molar-refractivity contribution in [2.45, 2.75) is 58.9 Å². The van der Waals surface area contributed by atoms with Gasteiger partial charge in [-0.15, -0.1) is 0 Å². The molecule has 106 valence electrons. The highest BCUT2D eigenvalue weighted by atomic mass is 16.1. The van der Waals surface area contributed by atoms with E-state index in [1.54, 1.807) is 12.4 Å². The highest BCUT2D eigenvalue weighted by Gasteiger charge is 2.15. The number of amides is 1. The van der Waals surface area contributed by atoms with Gasteiger partial charge in [0.2, 0.25) is 5.91 Å². The third-order valence-corrected chi connectivity index (χ3v) is 3.49. The normalized spacial score (nSPS) is 12.1. The molecule has 1 unspecified atom stereocenters. The van der Waals surface area contributed by atoms with Crippen LogP contribution in [0.1, 0.15) is 57.9 Å². The van der Waals surface area contributed by atoms with Crippen molar-refractivity contribution in [2.24, 2.45) is 5.92 Å². The van der Waals surface area contributed by atoms with E-state index in [0.29, 0.717) is 6.54 Å². The maximum Gasteiger partial charge on any atom is 0.223 e. The van der Waals surface area contributed by atoms with Crippen LogP contribution < -0.4 is 5.32 Å². The molecular weight excluding hydrogens is 236 g/mol. The van der Waals surface area contributed by atoms with Gasteiger partial charge in [0.05, 0.1) is 0 Å². The molecule has 1 aromatic heterocycles. The Balaban J connectivity index is 2.29. The van der Waals surface area contributed by atoms with Crippen molar-refractivity contribution in [3.05, 3.63) is 30.1 Å². The van der Waals surface area contributed by atoms with E-state index in [0.717, 1.165) is 24.8 Å². The zero-order valence-electron chi connectivity index (χ0n) is 12.2. The molecule has 0 aromatic carbocycles. The van der Waals surface area contributed by atoms with Crippen molar-refractivity contribution in [1.82, 2.24) is 10.3 Å². The number of carbonyl (C=O) groups excluding carboxylic acids is 1. The number of hydrogen-bond acceptors (Lipinski definition) is 2. The molecule has 0 bridgehead atoms. The summed E-state index contributed by atoms with van der Waals surface area (Å²) in [4.78, 5) is 16.1. The third-order valence-electron chi connectivity index (χ3n) is 3.49. The number of rotatable bonds is 9. The lowest BCUT2D eigenvalue weighted by Crippen LogP contribution is -2.30. The summed E-state index contributed by atoms with van der Waals surface area (Å²) >= 11 is 0. The predicted octanol–water partition coefficient (Wildman–Crippen LogP) is 3.69. The summed E-state index contributed by atoms with van der Waals surface area (Å²) in [7, 11) is 0. The Morgan fingerprint density at radius 2 is 1.95 bits per heavy atom. The number of nitrogens with zero attached hydrogens (tertiary/aromatic N) is 1. The van der Waals surface area contributed by atoms with Gasteiger partial charge in [0.15, 0.2) is 0 Å². The van der Waals surface area contributed by atoms with Gasteiger partial charge in [-0.2, -0.15) is 0 Å². The summed E-state index contributed by atoms with van der Waals surface area (Å²) in [5.74, 6) is 0.356. The first-order chi connectivity index (χ1) is 9.27. The van der Waals surface area contributed by atoms with Gasteiger partial charge in [0.1, 0.15) is 0 Å². The van der Waals surface area contributed by atoms with Crippen LogP contribution >= 0.6 is 0 Å². The van der Waals surface area contributed by atoms with E-state index >= 15 is 0 Å². The maximum atomic E-state index is 12.1. The van der Waals surface area contributed by atoms with Gasteiger partial charge >= 0.3 is 0 Å². The van der Waals surface area contributed by atoms with Crippen LogP contribution in [0.4, 0.5) is 0 Å². The first kappa shape index (κ1) is 15.7. The monoisotopic (exact) mass is 262 g/mol. The van der Waals surface area contributed by atoms with Gasteiger partial charge in [-0.25, -0.2) is 0 Å². The van der Waals surface area contributed by atoms with Crippen LogP contribution in [0.25, 0.3) is 0 Å². The Kier molecular flexibility index (Phi) is 7.87. The SMILES string of the molecule is CCCCCCC(CC)C(=O)NCc1ccncc1. The van der Waals surface area contributed by atoms with Crippen molar-refractivity contribution in [3.63, 3.8) is 0 Å². The van der Waals surface area contributed by atoms with Crippen molar-refractivity contribution in [3.8, 4) is 0 Å². The Morgan fingerprint density at radius 1 is 1.21 bits per heavy atom. The van der Waals surface area contributed by atoms with Crippen molar-refractivity contribution in [2.75, 3.05) is 0 Å². The predicted molar refractivity (Wildman–Crippen MR) is 78.6 cm³/mol. The largest absolute Gasteiger partial charge is 0.352 e. The summed E-state index contributed by atoms with van der Waals surface area (Å²) in [6.07, 6.45) is 10.4. The fourth-order valence-electron chi connectivity index (χ4n) is 2.17. The van der Waals surface area contributed by atoms with Gasteiger partial charge in [-0.3, -0.25) is 9.78 Å². The first-order valence-corrected chi connectivity index (χ1v) is 7.44. The van der Waals surface area contributed by atoms with Crippen LogP contribution in [0.3, 0.4) is 0 Å². The van der Waals surface area contributed by atoms with Crippen molar-refractivity contribution >= 4 is 5.91 Å². The second-order valence-corrected chi connectivity index (χ2v) is 5.03. The molecule has 3 heteroatoms. The molecule has 0 aliphatic rings. The molecule has 1 aromatic rings. The molecule has 0 aliphatic carbocycles. The molecule has 0 fully saturated rings. The number of nitrogens with one attached hydrogen (secondary N) is 1. The fourth-order valence-corrected chi connectivity index (χ4v) is 2.17. The lowest BCUT2D eigenvalue weighted by atomic mass is 9.97. The first-order valence-electron chi connectivity index (χ1n) is 7.44. The van der Waals surface area contributed by atoms with E-state index in [1.807, 2.05) is 12.1 Å². The Labute approximate surface area is 116 Å². The molecule has 1 N–H and O–H groups in total. The average Bonchev–Trinajstić information content (AvgIpc) is 2.46. The molecule has 0 spiro atoms. The molecule has 0 radical (unpaired) electrons. The highest BCUT2D eigenvalue weighted by Crippen LogP contribution is 2.14. The van der Waals surface area contributed by atoms with E-state index < -0.39 is 0 Å². The van der Waals surface area contributed by atoms with Gasteiger partial charge in [0, 0.05) is 24.9 Å². The van der Waals surface area contributed by atoms with E-state index in [-0.39, 0.29) is 11.8 Å². The number of aromatic nitrogens is 1. The van der Waals surface area contributed by atoms with E-state index in [1.165, 1.54) is 19.3 Å². The Morgan fingerprint density at radius 3 is 2.58 bits per heavy atom. The zero-order chi connectivity index (χ0) is 13.9. The Hall–Kier alpha value is -1.38. The van der Waals surface area contributed by atoms with Gasteiger partial charge in [-0.1, -0.05) is 39.5 Å². The summed E-state index contributed by atoms with van der Waals surface area (Å²) in [6.45, 7) is 4.90. The summed E-state index contributed by atoms with van der Waals surface area (Å²) < 4.78 is 0. The summed E-state index contributed by atoms with van der Waals surface area (Å²) in [5, 5.41) is 3.02. The van der Waals surface area contributed by atoms with Crippen molar-refractivity contribution in [1.29, 1.82) is 0 Å². The second-order valence-electron chi connectivity index (χ2n) is 5.03. The topological polar surface area (TPSA) is 42.0 Å². The quantitative estimate of drug-likeness (QED) is 0.690. The van der Waals surface area contributed by atoms with Crippen LogP contribution in [-0.4, -0.2) is 10.9 Å². The van der Waals surface area contributed by atoms with Gasteiger partial charge in [0.25, 0.3) is 0 Å². The van der Waals surface area contributed by atoms with E-state index in [9.17, 15) is 4.79 Å². The minimum Gasteiger partial charge on any atom is -0.352 e.